The van der Waals surface area contributed by atoms with Gasteiger partial charge in [0.25, 0.3) is 0 Å². The Labute approximate surface area is 181 Å². The van der Waals surface area contributed by atoms with E-state index in [2.05, 4.69) is 22.5 Å². The van der Waals surface area contributed by atoms with Crippen molar-refractivity contribution in [1.82, 2.24) is 15.5 Å². The van der Waals surface area contributed by atoms with Crippen molar-refractivity contribution in [3.63, 3.8) is 0 Å². The summed E-state index contributed by atoms with van der Waals surface area (Å²) in [5.41, 5.74) is 1.74. The molecule has 0 radical (unpaired) electrons. The highest BCUT2D eigenvalue weighted by Crippen LogP contribution is 2.29. The van der Waals surface area contributed by atoms with Crippen molar-refractivity contribution < 1.29 is 23.9 Å². The van der Waals surface area contributed by atoms with Crippen molar-refractivity contribution >= 4 is 17.9 Å². The average Bonchev–Trinajstić information content (AvgIpc) is 3.16. The number of hydrogen-bond acceptors (Lipinski definition) is 6. The predicted octanol–water partition coefficient (Wildman–Crippen LogP) is 1.50. The third-order valence-electron chi connectivity index (χ3n) is 5.81. The predicted molar refractivity (Wildman–Crippen MR) is 112 cm³/mol. The van der Waals surface area contributed by atoms with Crippen LogP contribution in [-0.2, 0) is 19.1 Å². The molecule has 3 saturated heterocycles. The number of imide groups is 1. The molecule has 8 nitrogen and oxygen atoms in total. The van der Waals surface area contributed by atoms with Gasteiger partial charge in [-0.1, -0.05) is 24.0 Å². The van der Waals surface area contributed by atoms with Gasteiger partial charge in [-0.15, -0.1) is 0 Å². The zero-order valence-corrected chi connectivity index (χ0v) is 17.4. The number of hydrogen-bond donors (Lipinski definition) is 2. The van der Waals surface area contributed by atoms with Crippen molar-refractivity contribution in [3.8, 4) is 11.8 Å². The molecule has 2 N–H and O–H groups in total. The summed E-state index contributed by atoms with van der Waals surface area (Å²) in [6.07, 6.45) is 2.71. The summed E-state index contributed by atoms with van der Waals surface area (Å²) in [5.74, 6) is 5.53. The van der Waals surface area contributed by atoms with Crippen molar-refractivity contribution in [1.29, 1.82) is 0 Å². The summed E-state index contributed by atoms with van der Waals surface area (Å²) >= 11 is 0. The van der Waals surface area contributed by atoms with Gasteiger partial charge in [0.15, 0.2) is 0 Å². The topological polar surface area (TPSA) is 97.0 Å². The molecule has 1 aromatic carbocycles. The number of cyclic esters (lactones) is 1. The maximum absolute atomic E-state index is 12.3. The van der Waals surface area contributed by atoms with Crippen LogP contribution in [0.3, 0.4) is 0 Å². The second-order valence-electron chi connectivity index (χ2n) is 7.99. The van der Waals surface area contributed by atoms with Crippen molar-refractivity contribution in [2.75, 3.05) is 26.2 Å². The number of carbonyl (C=O) groups excluding carboxylic acids is 3. The maximum atomic E-state index is 12.3. The van der Waals surface area contributed by atoms with Gasteiger partial charge in [0, 0.05) is 18.4 Å². The first-order chi connectivity index (χ1) is 15.1. The third-order valence-corrected chi connectivity index (χ3v) is 5.81. The number of ether oxygens (including phenoxy) is 2. The van der Waals surface area contributed by atoms with Gasteiger partial charge in [-0.05, 0) is 50.0 Å². The van der Waals surface area contributed by atoms with E-state index in [1.807, 2.05) is 24.3 Å². The van der Waals surface area contributed by atoms with Gasteiger partial charge in [0.1, 0.15) is 12.1 Å². The second-order valence-corrected chi connectivity index (χ2v) is 7.99. The largest absolute Gasteiger partial charge is 0.439 e. The fourth-order valence-electron chi connectivity index (χ4n) is 4.07. The number of benzene rings is 1. The summed E-state index contributed by atoms with van der Waals surface area (Å²) in [5, 5.41) is 5.60. The zero-order chi connectivity index (χ0) is 21.6. The molecular weight excluding hydrogens is 398 g/mol. The molecule has 0 spiro atoms. The summed E-state index contributed by atoms with van der Waals surface area (Å²) in [4.78, 5) is 37.1. The molecule has 1 aromatic rings. The highest BCUT2D eigenvalue weighted by atomic mass is 16.6. The van der Waals surface area contributed by atoms with Crippen LogP contribution in [-0.4, -0.2) is 61.2 Å². The number of carbonyl (C=O) groups is 3. The zero-order valence-electron chi connectivity index (χ0n) is 17.4. The first-order valence-corrected chi connectivity index (χ1v) is 10.8. The maximum Gasteiger partial charge on any atom is 0.411 e. The van der Waals surface area contributed by atoms with Gasteiger partial charge < -0.3 is 14.8 Å². The molecule has 8 heteroatoms. The molecule has 4 rings (SSSR count). The van der Waals surface area contributed by atoms with Crippen molar-refractivity contribution in [2.24, 2.45) is 0 Å². The van der Waals surface area contributed by atoms with E-state index in [-0.39, 0.29) is 18.9 Å². The second kappa shape index (κ2) is 9.94. The lowest BCUT2D eigenvalue weighted by atomic mass is 10.0. The van der Waals surface area contributed by atoms with Gasteiger partial charge in [-0.3, -0.25) is 19.8 Å². The number of nitrogens with zero attached hydrogens (tertiary/aromatic N) is 1. The monoisotopic (exact) mass is 425 g/mol. The lowest BCUT2D eigenvalue weighted by Crippen LogP contribution is -2.52. The Morgan fingerprint density at radius 1 is 1.10 bits per heavy atom. The molecule has 3 amide bonds. The molecule has 0 aliphatic carbocycles. The number of piperidine rings is 2. The molecule has 164 valence electrons. The molecule has 0 saturated carbocycles. The molecule has 2 atom stereocenters. The minimum atomic E-state index is -0.660. The summed E-state index contributed by atoms with van der Waals surface area (Å²) in [6.45, 7) is 2.96. The lowest BCUT2D eigenvalue weighted by Gasteiger charge is -2.27. The van der Waals surface area contributed by atoms with Crippen LogP contribution in [0.1, 0.15) is 49.3 Å². The van der Waals surface area contributed by atoms with E-state index in [9.17, 15) is 14.4 Å². The van der Waals surface area contributed by atoms with E-state index in [1.54, 1.807) is 0 Å². The van der Waals surface area contributed by atoms with Crippen LogP contribution in [0.25, 0.3) is 0 Å². The van der Waals surface area contributed by atoms with Gasteiger partial charge >= 0.3 is 6.09 Å². The summed E-state index contributed by atoms with van der Waals surface area (Å²) < 4.78 is 11.3. The van der Waals surface area contributed by atoms with E-state index < -0.39 is 24.1 Å². The highest BCUT2D eigenvalue weighted by Gasteiger charge is 2.41. The fraction of sp³-hybridized carbons (Fsp3) is 0.522. The normalized spacial score (nSPS) is 24.4. The minimum absolute atomic E-state index is 0.223. The van der Waals surface area contributed by atoms with E-state index in [4.69, 9.17) is 9.47 Å². The first-order valence-electron chi connectivity index (χ1n) is 10.8. The number of rotatable bonds is 5. The quantitative estimate of drug-likeness (QED) is 0.422. The molecule has 0 bridgehead atoms. The van der Waals surface area contributed by atoms with Crippen LogP contribution >= 0.6 is 0 Å². The molecule has 1 unspecified atom stereocenters. The third kappa shape index (κ3) is 5.43. The van der Waals surface area contributed by atoms with Crippen LogP contribution in [0.4, 0.5) is 4.79 Å². The molecule has 3 heterocycles. The Balaban J connectivity index is 1.27. The van der Waals surface area contributed by atoms with Crippen LogP contribution in [0.2, 0.25) is 0 Å². The molecular formula is C23H27N3O5. The molecule has 0 aromatic heterocycles. The average molecular weight is 425 g/mol. The Kier molecular flexibility index (Phi) is 6.85. The van der Waals surface area contributed by atoms with Crippen LogP contribution in [0.15, 0.2) is 24.3 Å². The van der Waals surface area contributed by atoms with Crippen LogP contribution in [0, 0.1) is 11.8 Å². The highest BCUT2D eigenvalue weighted by molar-refractivity contribution is 6.01. The minimum Gasteiger partial charge on any atom is -0.439 e. The van der Waals surface area contributed by atoms with E-state index in [0.29, 0.717) is 25.6 Å². The smallest absolute Gasteiger partial charge is 0.411 e. The van der Waals surface area contributed by atoms with E-state index >= 15 is 0 Å². The standard InChI is InChI=1S/C23H27N3O5/c27-21-9-8-19(22(28)25-21)26-15-20(31-23(26)29)17-6-4-16(5-7-17)3-1-2-14-30-18-10-12-24-13-11-18/h4-7,18-20,24H,2,8-15H2,(H,25,27,28)/t19?,20-/m1/s1. The van der Waals surface area contributed by atoms with Crippen LogP contribution < -0.4 is 10.6 Å². The Bertz CT molecular complexity index is 883. The van der Waals surface area contributed by atoms with Gasteiger partial charge in [-0.25, -0.2) is 4.79 Å². The van der Waals surface area contributed by atoms with Crippen molar-refractivity contribution in [2.45, 2.75) is 50.4 Å². The van der Waals surface area contributed by atoms with Crippen molar-refractivity contribution in [3.05, 3.63) is 35.4 Å². The Morgan fingerprint density at radius 2 is 1.87 bits per heavy atom. The van der Waals surface area contributed by atoms with Crippen LogP contribution in [0.5, 0.6) is 0 Å². The van der Waals surface area contributed by atoms with E-state index in [1.165, 1.54) is 4.90 Å². The molecule has 3 aliphatic rings. The number of amides is 3. The SMILES string of the molecule is O=C1CCC(N2C[C@H](c3ccc(C#CCCOC4CCNCC4)cc3)OC2=O)C(=O)N1. The molecule has 3 fully saturated rings. The molecule has 3 aliphatic heterocycles. The lowest BCUT2D eigenvalue weighted by molar-refractivity contribution is -0.136. The van der Waals surface area contributed by atoms with Gasteiger partial charge in [0.05, 0.1) is 19.3 Å². The molecule has 31 heavy (non-hydrogen) atoms. The van der Waals surface area contributed by atoms with Gasteiger partial charge in [0.2, 0.25) is 11.8 Å². The van der Waals surface area contributed by atoms with E-state index in [0.717, 1.165) is 37.1 Å². The Hall–Kier alpha value is -2.89. The Morgan fingerprint density at radius 3 is 2.61 bits per heavy atom. The first kappa shape index (κ1) is 21.3. The summed E-state index contributed by atoms with van der Waals surface area (Å²) in [6, 6.07) is 6.92. The number of nitrogens with one attached hydrogen (secondary N) is 2. The van der Waals surface area contributed by atoms with Gasteiger partial charge in [-0.2, -0.15) is 0 Å². The summed E-state index contributed by atoms with van der Waals surface area (Å²) in [7, 11) is 0. The fourth-order valence-corrected chi connectivity index (χ4v) is 4.07.